The minimum absolute atomic E-state index is 0.174. The first kappa shape index (κ1) is 16.4. The zero-order chi connectivity index (χ0) is 18.3. The standard InChI is InChI=1S/C20H15N3O2S/c1-22-19(24)18(26-20(22)25)16-3-2-4-17-15(16)9-10-23(17)12-14-7-5-13(11-21)6-8-14/h2-10,18H,12H2,1H3. The number of carbonyl (C=O) groups excluding carboxylic acids is 2. The molecule has 128 valence electrons. The second-order valence-electron chi connectivity index (χ2n) is 6.19. The molecule has 5 nitrogen and oxygen atoms in total. The molecule has 2 aromatic carbocycles. The number of imide groups is 1. The van der Waals surface area contributed by atoms with Gasteiger partial charge in [0.25, 0.3) is 5.24 Å². The molecule has 0 N–H and O–H groups in total. The number of nitrogens with zero attached hydrogens (tertiary/aromatic N) is 3. The molecule has 1 saturated heterocycles. The van der Waals surface area contributed by atoms with Gasteiger partial charge in [-0.3, -0.25) is 14.5 Å². The summed E-state index contributed by atoms with van der Waals surface area (Å²) in [5.74, 6) is -0.174. The monoisotopic (exact) mass is 361 g/mol. The summed E-state index contributed by atoms with van der Waals surface area (Å²) in [4.78, 5) is 25.4. The maximum atomic E-state index is 12.4. The van der Waals surface area contributed by atoms with Gasteiger partial charge < -0.3 is 4.57 Å². The predicted molar refractivity (Wildman–Crippen MR) is 101 cm³/mol. The highest BCUT2D eigenvalue weighted by Gasteiger charge is 2.38. The number of aromatic nitrogens is 1. The van der Waals surface area contributed by atoms with E-state index in [1.165, 1.54) is 11.9 Å². The van der Waals surface area contributed by atoms with Crippen LogP contribution in [0.3, 0.4) is 0 Å². The number of nitriles is 1. The molecule has 4 rings (SSSR count). The Labute approximate surface area is 154 Å². The number of carbonyl (C=O) groups is 2. The fourth-order valence-corrected chi connectivity index (χ4v) is 4.23. The molecule has 0 radical (unpaired) electrons. The Morgan fingerprint density at radius 3 is 2.54 bits per heavy atom. The molecule has 2 heterocycles. The van der Waals surface area contributed by atoms with Gasteiger partial charge in [-0.15, -0.1) is 0 Å². The molecular formula is C20H15N3O2S. The van der Waals surface area contributed by atoms with Crippen molar-refractivity contribution in [1.29, 1.82) is 5.26 Å². The molecule has 1 aromatic heterocycles. The lowest BCUT2D eigenvalue weighted by Crippen LogP contribution is -2.24. The summed E-state index contributed by atoms with van der Waals surface area (Å²) in [5.41, 5.74) is 3.61. The van der Waals surface area contributed by atoms with Crippen LogP contribution >= 0.6 is 11.8 Å². The van der Waals surface area contributed by atoms with Gasteiger partial charge in [-0.25, -0.2) is 0 Å². The molecule has 1 aliphatic heterocycles. The van der Waals surface area contributed by atoms with Crippen molar-refractivity contribution in [3.8, 4) is 6.07 Å². The molecule has 6 heteroatoms. The Morgan fingerprint density at radius 1 is 1.12 bits per heavy atom. The quantitative estimate of drug-likeness (QED) is 0.709. The van der Waals surface area contributed by atoms with E-state index in [0.29, 0.717) is 12.1 Å². The van der Waals surface area contributed by atoms with Crippen LogP contribution < -0.4 is 0 Å². The molecule has 0 aliphatic carbocycles. The minimum atomic E-state index is -0.484. The van der Waals surface area contributed by atoms with Gasteiger partial charge in [-0.1, -0.05) is 24.3 Å². The summed E-state index contributed by atoms with van der Waals surface area (Å²) in [5, 5.41) is 9.19. The van der Waals surface area contributed by atoms with E-state index in [4.69, 9.17) is 5.26 Å². The van der Waals surface area contributed by atoms with Crippen LogP contribution in [0.1, 0.15) is 21.9 Å². The van der Waals surface area contributed by atoms with E-state index in [2.05, 4.69) is 10.6 Å². The highest BCUT2D eigenvalue weighted by molar-refractivity contribution is 8.15. The summed E-state index contributed by atoms with van der Waals surface area (Å²) in [6.45, 7) is 0.670. The molecule has 0 saturated carbocycles. The normalized spacial score (nSPS) is 17.1. The number of thioether (sulfide) groups is 1. The summed E-state index contributed by atoms with van der Waals surface area (Å²) < 4.78 is 2.11. The van der Waals surface area contributed by atoms with Crippen LogP contribution in [0.5, 0.6) is 0 Å². The first-order chi connectivity index (χ1) is 12.6. The largest absolute Gasteiger partial charge is 0.343 e. The van der Waals surface area contributed by atoms with E-state index in [1.54, 1.807) is 0 Å². The summed E-state index contributed by atoms with van der Waals surface area (Å²) in [6, 6.07) is 17.5. The predicted octanol–water partition coefficient (Wildman–Crippen LogP) is 3.93. The third kappa shape index (κ3) is 2.67. The summed E-state index contributed by atoms with van der Waals surface area (Å²) in [6.07, 6.45) is 1.99. The lowest BCUT2D eigenvalue weighted by molar-refractivity contribution is -0.125. The Morgan fingerprint density at radius 2 is 1.88 bits per heavy atom. The van der Waals surface area contributed by atoms with Crippen LogP contribution in [0, 0.1) is 11.3 Å². The van der Waals surface area contributed by atoms with Gasteiger partial charge in [0.2, 0.25) is 5.91 Å². The van der Waals surface area contributed by atoms with Crippen molar-refractivity contribution in [3.63, 3.8) is 0 Å². The van der Waals surface area contributed by atoms with Gasteiger partial charge in [0.15, 0.2) is 0 Å². The van der Waals surface area contributed by atoms with Gasteiger partial charge in [0.05, 0.1) is 11.6 Å². The number of amides is 2. The van der Waals surface area contributed by atoms with Crippen molar-refractivity contribution < 1.29 is 9.59 Å². The molecule has 0 bridgehead atoms. The van der Waals surface area contributed by atoms with E-state index < -0.39 is 5.25 Å². The van der Waals surface area contributed by atoms with E-state index in [1.807, 2.05) is 54.7 Å². The molecule has 0 spiro atoms. The van der Waals surface area contributed by atoms with Gasteiger partial charge in [-0.2, -0.15) is 5.26 Å². The second-order valence-corrected chi connectivity index (χ2v) is 7.25. The third-order valence-electron chi connectivity index (χ3n) is 4.61. The SMILES string of the molecule is CN1C(=O)SC(c2cccc3c2ccn3Cc2ccc(C#N)cc2)C1=O. The number of likely N-dealkylation sites (N-methyl/N-ethyl adjacent to an activating group) is 1. The van der Waals surface area contributed by atoms with E-state index >= 15 is 0 Å². The molecule has 2 amide bonds. The maximum absolute atomic E-state index is 12.4. The Kier molecular flexibility index (Phi) is 4.02. The first-order valence-corrected chi connectivity index (χ1v) is 9.01. The number of hydrogen-bond donors (Lipinski definition) is 0. The molecule has 1 fully saturated rings. The van der Waals surface area contributed by atoms with E-state index in [9.17, 15) is 9.59 Å². The zero-order valence-corrected chi connectivity index (χ0v) is 14.9. The fourth-order valence-electron chi connectivity index (χ4n) is 3.19. The average Bonchev–Trinajstić information content (AvgIpc) is 3.19. The van der Waals surface area contributed by atoms with Gasteiger partial charge in [0.1, 0.15) is 5.25 Å². The third-order valence-corrected chi connectivity index (χ3v) is 5.78. The van der Waals surface area contributed by atoms with Gasteiger partial charge in [-0.05, 0) is 47.2 Å². The van der Waals surface area contributed by atoms with E-state index in [0.717, 1.165) is 33.8 Å². The average molecular weight is 361 g/mol. The van der Waals surface area contributed by atoms with Crippen LogP contribution in [-0.2, 0) is 11.3 Å². The Bertz CT molecular complexity index is 1060. The van der Waals surface area contributed by atoms with Gasteiger partial charge >= 0.3 is 0 Å². The fraction of sp³-hybridized carbons (Fsp3) is 0.150. The van der Waals surface area contributed by atoms with Gasteiger partial charge in [0, 0.05) is 30.7 Å². The highest BCUT2D eigenvalue weighted by Crippen LogP contribution is 2.41. The molecule has 3 aromatic rings. The zero-order valence-electron chi connectivity index (χ0n) is 14.0. The number of rotatable bonds is 3. The maximum Gasteiger partial charge on any atom is 0.289 e. The highest BCUT2D eigenvalue weighted by atomic mass is 32.2. The molecule has 1 aliphatic rings. The molecule has 26 heavy (non-hydrogen) atoms. The number of benzene rings is 2. The van der Waals surface area contributed by atoms with Crippen molar-refractivity contribution in [1.82, 2.24) is 9.47 Å². The molecular weight excluding hydrogens is 346 g/mol. The van der Waals surface area contributed by atoms with Crippen LogP contribution in [0.15, 0.2) is 54.7 Å². The molecule has 1 unspecified atom stereocenters. The number of fused-ring (bicyclic) bond motifs is 1. The van der Waals surface area contributed by atoms with Crippen molar-refractivity contribution in [3.05, 3.63) is 71.4 Å². The van der Waals surface area contributed by atoms with Crippen LogP contribution in [0.4, 0.5) is 4.79 Å². The number of hydrogen-bond acceptors (Lipinski definition) is 4. The van der Waals surface area contributed by atoms with Crippen molar-refractivity contribution in [2.75, 3.05) is 7.05 Å². The minimum Gasteiger partial charge on any atom is -0.343 e. The summed E-state index contributed by atoms with van der Waals surface area (Å²) >= 11 is 1.06. The lowest BCUT2D eigenvalue weighted by Gasteiger charge is -2.11. The second kappa shape index (κ2) is 6.36. The molecule has 1 atom stereocenters. The summed E-state index contributed by atoms with van der Waals surface area (Å²) in [7, 11) is 1.52. The Balaban J connectivity index is 1.70. The van der Waals surface area contributed by atoms with Crippen molar-refractivity contribution in [2.45, 2.75) is 11.8 Å². The Hall–Kier alpha value is -3.04. The van der Waals surface area contributed by atoms with Crippen molar-refractivity contribution in [2.24, 2.45) is 0 Å². The van der Waals surface area contributed by atoms with Crippen LogP contribution in [-0.4, -0.2) is 27.7 Å². The van der Waals surface area contributed by atoms with E-state index in [-0.39, 0.29) is 11.1 Å². The smallest absolute Gasteiger partial charge is 0.289 e. The van der Waals surface area contributed by atoms with Crippen LogP contribution in [0.2, 0.25) is 0 Å². The lowest BCUT2D eigenvalue weighted by atomic mass is 10.1. The topological polar surface area (TPSA) is 66.1 Å². The van der Waals surface area contributed by atoms with Crippen LogP contribution in [0.25, 0.3) is 10.9 Å². The first-order valence-electron chi connectivity index (χ1n) is 8.13. The van der Waals surface area contributed by atoms with Crippen molar-refractivity contribution >= 4 is 33.8 Å².